The Morgan fingerprint density at radius 3 is 2.43 bits per heavy atom. The molecule has 0 radical (unpaired) electrons. The number of hydrogen-bond donors (Lipinski definition) is 1. The summed E-state index contributed by atoms with van der Waals surface area (Å²) >= 11 is 0. The highest BCUT2D eigenvalue weighted by molar-refractivity contribution is 5.56. The third kappa shape index (κ3) is 4.34. The lowest BCUT2D eigenvalue weighted by atomic mass is 10.2. The summed E-state index contributed by atoms with van der Waals surface area (Å²) in [5, 5.41) is 2.59. The second-order valence-electron chi connectivity index (χ2n) is 4.13. The van der Waals surface area contributed by atoms with Crippen molar-refractivity contribution in [3.63, 3.8) is 0 Å². The zero-order chi connectivity index (χ0) is 15.5. The fourth-order valence-corrected chi connectivity index (χ4v) is 1.70. The van der Waals surface area contributed by atoms with Crippen LogP contribution in [0.5, 0.6) is 5.75 Å². The van der Waals surface area contributed by atoms with Gasteiger partial charge < -0.3 is 10.1 Å². The fraction of sp³-hybridized carbons (Fsp3) is 0.143. The molecule has 0 amide bonds. The zero-order valence-electron chi connectivity index (χ0n) is 10.5. The van der Waals surface area contributed by atoms with Crippen LogP contribution in [0.2, 0.25) is 0 Å². The van der Waals surface area contributed by atoms with Gasteiger partial charge in [0.1, 0.15) is 11.6 Å². The second kappa shape index (κ2) is 5.99. The summed E-state index contributed by atoms with van der Waals surface area (Å²) in [6, 6.07) is 8.21. The van der Waals surface area contributed by atoms with E-state index in [2.05, 4.69) is 10.1 Å². The van der Waals surface area contributed by atoms with Crippen LogP contribution in [0.3, 0.4) is 0 Å². The van der Waals surface area contributed by atoms with Crippen molar-refractivity contribution in [3.05, 3.63) is 59.7 Å². The molecule has 0 heterocycles. The molecular formula is C14H10F5NO. The smallest absolute Gasteiger partial charge is 0.404 e. The molecular weight excluding hydrogens is 293 g/mol. The van der Waals surface area contributed by atoms with E-state index >= 15 is 0 Å². The summed E-state index contributed by atoms with van der Waals surface area (Å²) < 4.78 is 67.0. The van der Waals surface area contributed by atoms with Crippen molar-refractivity contribution in [3.8, 4) is 5.75 Å². The predicted octanol–water partition coefficient (Wildman–Crippen LogP) is 4.48. The van der Waals surface area contributed by atoms with Gasteiger partial charge in [0, 0.05) is 12.1 Å². The van der Waals surface area contributed by atoms with Gasteiger partial charge in [-0.25, -0.2) is 8.78 Å². The average Bonchev–Trinajstić information content (AvgIpc) is 2.39. The number of alkyl halides is 3. The van der Waals surface area contributed by atoms with Gasteiger partial charge in [0.15, 0.2) is 5.75 Å². The van der Waals surface area contributed by atoms with Gasteiger partial charge in [-0.2, -0.15) is 0 Å². The Bertz CT molecular complexity index is 627. The Labute approximate surface area is 117 Å². The lowest BCUT2D eigenvalue weighted by Gasteiger charge is -2.14. The molecule has 7 heteroatoms. The van der Waals surface area contributed by atoms with Crippen LogP contribution < -0.4 is 10.1 Å². The van der Waals surface area contributed by atoms with Crippen molar-refractivity contribution in [1.29, 1.82) is 0 Å². The Balaban J connectivity index is 2.15. The molecule has 0 saturated heterocycles. The van der Waals surface area contributed by atoms with Crippen molar-refractivity contribution in [2.24, 2.45) is 0 Å². The van der Waals surface area contributed by atoms with E-state index in [9.17, 15) is 22.0 Å². The van der Waals surface area contributed by atoms with Gasteiger partial charge in [-0.3, -0.25) is 0 Å². The summed E-state index contributed by atoms with van der Waals surface area (Å²) in [6.07, 6.45) is -4.83. The first-order chi connectivity index (χ1) is 9.85. The maximum Gasteiger partial charge on any atom is 0.573 e. The second-order valence-corrected chi connectivity index (χ2v) is 4.13. The van der Waals surface area contributed by atoms with E-state index in [0.29, 0.717) is 0 Å². The van der Waals surface area contributed by atoms with E-state index in [1.54, 1.807) is 0 Å². The van der Waals surface area contributed by atoms with Crippen molar-refractivity contribution < 1.29 is 26.7 Å². The van der Waals surface area contributed by atoms with Gasteiger partial charge in [0.25, 0.3) is 0 Å². The van der Waals surface area contributed by atoms with Gasteiger partial charge in [-0.05, 0) is 30.3 Å². The molecule has 0 aliphatic carbocycles. The molecule has 0 aromatic heterocycles. The Hall–Kier alpha value is -2.31. The summed E-state index contributed by atoms with van der Waals surface area (Å²) in [7, 11) is 0. The van der Waals surface area contributed by atoms with Crippen molar-refractivity contribution >= 4 is 5.69 Å². The van der Waals surface area contributed by atoms with E-state index < -0.39 is 23.7 Å². The van der Waals surface area contributed by atoms with Gasteiger partial charge in [-0.15, -0.1) is 13.2 Å². The molecule has 21 heavy (non-hydrogen) atoms. The third-order valence-corrected chi connectivity index (χ3v) is 2.59. The SMILES string of the molecule is Fc1ccc(F)c(CNc2ccccc2OC(F)(F)F)c1. The first-order valence-corrected chi connectivity index (χ1v) is 5.88. The number of nitrogens with one attached hydrogen (secondary N) is 1. The normalized spacial score (nSPS) is 11.3. The Morgan fingerprint density at radius 1 is 1.00 bits per heavy atom. The van der Waals surface area contributed by atoms with Crippen LogP contribution in [-0.2, 0) is 6.54 Å². The largest absolute Gasteiger partial charge is 0.573 e. The minimum absolute atomic E-state index is 0.00295. The number of ether oxygens (including phenoxy) is 1. The van der Waals surface area contributed by atoms with Crippen LogP contribution in [0.1, 0.15) is 5.56 Å². The fourth-order valence-electron chi connectivity index (χ4n) is 1.70. The van der Waals surface area contributed by atoms with Crippen LogP contribution in [0.25, 0.3) is 0 Å². The highest BCUT2D eigenvalue weighted by atomic mass is 19.4. The van der Waals surface area contributed by atoms with E-state index in [0.717, 1.165) is 24.3 Å². The summed E-state index contributed by atoms with van der Waals surface area (Å²) in [5.74, 6) is -1.73. The average molecular weight is 303 g/mol. The molecule has 2 aromatic carbocycles. The molecule has 0 saturated carbocycles. The van der Waals surface area contributed by atoms with Crippen molar-refractivity contribution in [2.45, 2.75) is 12.9 Å². The molecule has 0 fully saturated rings. The van der Waals surface area contributed by atoms with Crippen molar-refractivity contribution in [1.82, 2.24) is 0 Å². The lowest BCUT2D eigenvalue weighted by Crippen LogP contribution is -2.18. The van der Waals surface area contributed by atoms with Crippen LogP contribution >= 0.6 is 0 Å². The Morgan fingerprint density at radius 2 is 1.71 bits per heavy atom. The minimum atomic E-state index is -4.83. The molecule has 112 valence electrons. The molecule has 1 N–H and O–H groups in total. The molecule has 2 nitrogen and oxygen atoms in total. The number of benzene rings is 2. The quantitative estimate of drug-likeness (QED) is 0.841. The third-order valence-electron chi connectivity index (χ3n) is 2.59. The van der Waals surface area contributed by atoms with Gasteiger partial charge >= 0.3 is 6.36 Å². The van der Waals surface area contributed by atoms with Gasteiger partial charge in [0.2, 0.25) is 0 Å². The number of rotatable bonds is 4. The van der Waals surface area contributed by atoms with E-state index in [1.165, 1.54) is 18.2 Å². The van der Waals surface area contributed by atoms with E-state index in [-0.39, 0.29) is 17.8 Å². The van der Waals surface area contributed by atoms with E-state index in [1.807, 2.05) is 0 Å². The molecule has 0 unspecified atom stereocenters. The van der Waals surface area contributed by atoms with Crippen molar-refractivity contribution in [2.75, 3.05) is 5.32 Å². The topological polar surface area (TPSA) is 21.3 Å². The summed E-state index contributed by atoms with van der Waals surface area (Å²) in [4.78, 5) is 0. The minimum Gasteiger partial charge on any atom is -0.404 e. The first kappa shape index (κ1) is 15.1. The molecule has 0 aliphatic rings. The van der Waals surface area contributed by atoms with Crippen LogP contribution in [0.15, 0.2) is 42.5 Å². The highest BCUT2D eigenvalue weighted by Crippen LogP contribution is 2.30. The summed E-state index contributed by atoms with van der Waals surface area (Å²) in [6.45, 7) is -0.179. The first-order valence-electron chi connectivity index (χ1n) is 5.88. The molecule has 2 rings (SSSR count). The molecule has 0 bridgehead atoms. The maximum atomic E-state index is 13.4. The molecule has 0 atom stereocenters. The lowest BCUT2D eigenvalue weighted by molar-refractivity contribution is -0.274. The molecule has 0 aliphatic heterocycles. The van der Waals surface area contributed by atoms with Crippen LogP contribution in [-0.4, -0.2) is 6.36 Å². The molecule has 2 aromatic rings. The van der Waals surface area contributed by atoms with Gasteiger partial charge in [0.05, 0.1) is 5.69 Å². The van der Waals surface area contributed by atoms with Gasteiger partial charge in [-0.1, -0.05) is 12.1 Å². The van der Waals surface area contributed by atoms with Crippen LogP contribution in [0.4, 0.5) is 27.6 Å². The standard InChI is InChI=1S/C14H10F5NO/c15-10-5-6-11(16)9(7-10)8-20-12-3-1-2-4-13(12)21-14(17,18)19/h1-7,20H,8H2. The van der Waals surface area contributed by atoms with Crippen LogP contribution in [0, 0.1) is 11.6 Å². The number of halogens is 5. The zero-order valence-corrected chi connectivity index (χ0v) is 10.5. The summed E-state index contributed by atoms with van der Waals surface area (Å²) in [5.41, 5.74) is 0.0234. The number of hydrogen-bond acceptors (Lipinski definition) is 2. The number of para-hydroxylation sites is 2. The monoisotopic (exact) mass is 303 g/mol. The molecule has 0 spiro atoms. The maximum absolute atomic E-state index is 13.4. The number of anilines is 1. The highest BCUT2D eigenvalue weighted by Gasteiger charge is 2.32. The Kier molecular flexibility index (Phi) is 4.30. The van der Waals surface area contributed by atoms with E-state index in [4.69, 9.17) is 0 Å². The predicted molar refractivity (Wildman–Crippen MR) is 66.8 cm³/mol.